The summed E-state index contributed by atoms with van der Waals surface area (Å²) in [5.41, 5.74) is 6.99. The van der Waals surface area contributed by atoms with Crippen molar-refractivity contribution in [2.75, 3.05) is 26.2 Å². The van der Waals surface area contributed by atoms with Gasteiger partial charge in [0.05, 0.1) is 47.0 Å². The number of pyridine rings is 3. The van der Waals surface area contributed by atoms with E-state index in [1.165, 1.54) is 12.8 Å². The lowest BCUT2D eigenvalue weighted by Crippen LogP contribution is -2.25. The number of nitrogens with one attached hydrogen (secondary N) is 2. The lowest BCUT2D eigenvalue weighted by molar-refractivity contribution is 0.237. The molecular formula is C28H27N9O. The highest BCUT2D eigenvalue weighted by Crippen LogP contribution is 2.32. The van der Waals surface area contributed by atoms with Crippen molar-refractivity contribution < 1.29 is 4.74 Å². The summed E-state index contributed by atoms with van der Waals surface area (Å²) in [6.45, 7) is 5.89. The number of nitrogens with zero attached hydrogens (tertiary/aromatic N) is 7. The van der Waals surface area contributed by atoms with E-state index in [-0.39, 0.29) is 0 Å². The summed E-state index contributed by atoms with van der Waals surface area (Å²) in [7, 11) is 0. The van der Waals surface area contributed by atoms with E-state index in [1.54, 1.807) is 12.4 Å². The highest BCUT2D eigenvalue weighted by atomic mass is 16.5. The lowest BCUT2D eigenvalue weighted by Gasteiger charge is -2.15. The van der Waals surface area contributed by atoms with Gasteiger partial charge in [0.2, 0.25) is 0 Å². The Morgan fingerprint density at radius 2 is 1.92 bits per heavy atom. The van der Waals surface area contributed by atoms with Crippen LogP contribution >= 0.6 is 0 Å². The number of H-pyrrole nitrogens is 2. The van der Waals surface area contributed by atoms with Crippen LogP contribution in [0.5, 0.6) is 5.75 Å². The highest BCUT2D eigenvalue weighted by molar-refractivity contribution is 5.97. The van der Waals surface area contributed by atoms with E-state index in [0.29, 0.717) is 6.61 Å². The fourth-order valence-corrected chi connectivity index (χ4v) is 5.14. The second-order valence-corrected chi connectivity index (χ2v) is 9.69. The van der Waals surface area contributed by atoms with Gasteiger partial charge in [-0.3, -0.25) is 20.0 Å². The first kappa shape index (κ1) is 22.6. The molecule has 0 saturated carbocycles. The molecule has 0 atom stereocenters. The van der Waals surface area contributed by atoms with E-state index in [2.05, 4.69) is 46.1 Å². The van der Waals surface area contributed by atoms with Gasteiger partial charge in [-0.05, 0) is 57.1 Å². The minimum absolute atomic E-state index is 0.651. The molecule has 1 aliphatic heterocycles. The van der Waals surface area contributed by atoms with Crippen LogP contribution in [-0.2, 0) is 0 Å². The number of ether oxygens (including phenoxy) is 1. The molecule has 0 bridgehead atoms. The molecule has 0 spiro atoms. The van der Waals surface area contributed by atoms with E-state index in [1.807, 2.05) is 54.6 Å². The van der Waals surface area contributed by atoms with Gasteiger partial charge in [0, 0.05) is 41.5 Å². The van der Waals surface area contributed by atoms with Crippen LogP contribution in [0.4, 0.5) is 0 Å². The predicted molar refractivity (Wildman–Crippen MR) is 145 cm³/mol. The maximum absolute atomic E-state index is 6.01. The van der Waals surface area contributed by atoms with Crippen LogP contribution in [0.25, 0.3) is 50.3 Å². The lowest BCUT2D eigenvalue weighted by atomic mass is 10.1. The molecule has 0 aromatic carbocycles. The summed E-state index contributed by atoms with van der Waals surface area (Å²) in [4.78, 5) is 23.9. The van der Waals surface area contributed by atoms with Crippen molar-refractivity contribution >= 4 is 21.9 Å². The number of aryl methyl sites for hydroxylation is 1. The molecule has 38 heavy (non-hydrogen) atoms. The molecule has 0 amide bonds. The van der Waals surface area contributed by atoms with Crippen molar-refractivity contribution in [1.29, 1.82) is 0 Å². The van der Waals surface area contributed by atoms with Gasteiger partial charge in [0.25, 0.3) is 0 Å². The molecule has 10 heteroatoms. The molecule has 0 radical (unpaired) electrons. The highest BCUT2D eigenvalue weighted by Gasteiger charge is 2.16. The van der Waals surface area contributed by atoms with Crippen LogP contribution in [0.15, 0.2) is 61.6 Å². The average molecular weight is 506 g/mol. The van der Waals surface area contributed by atoms with Crippen LogP contribution in [0.3, 0.4) is 0 Å². The summed E-state index contributed by atoms with van der Waals surface area (Å²) in [5, 5.41) is 9.68. The maximum Gasteiger partial charge on any atom is 0.139 e. The monoisotopic (exact) mass is 505 g/mol. The second kappa shape index (κ2) is 9.38. The third kappa shape index (κ3) is 4.18. The van der Waals surface area contributed by atoms with Crippen molar-refractivity contribution in [3.05, 3.63) is 67.3 Å². The third-order valence-corrected chi connectivity index (χ3v) is 7.08. The molecule has 6 aromatic heterocycles. The van der Waals surface area contributed by atoms with Gasteiger partial charge in [-0.1, -0.05) is 0 Å². The van der Waals surface area contributed by atoms with Crippen LogP contribution in [0, 0.1) is 6.92 Å². The molecular weight excluding hydrogens is 478 g/mol. The first-order chi connectivity index (χ1) is 18.7. The van der Waals surface area contributed by atoms with E-state index in [4.69, 9.17) is 4.74 Å². The van der Waals surface area contributed by atoms with Crippen molar-refractivity contribution in [2.45, 2.75) is 19.8 Å². The van der Waals surface area contributed by atoms with Gasteiger partial charge in [-0.2, -0.15) is 5.10 Å². The molecule has 6 aromatic rings. The number of hydrogen-bond donors (Lipinski definition) is 2. The summed E-state index contributed by atoms with van der Waals surface area (Å²) in [6, 6.07) is 8.10. The largest absolute Gasteiger partial charge is 0.491 e. The summed E-state index contributed by atoms with van der Waals surface area (Å²) < 4.78 is 8.02. The van der Waals surface area contributed by atoms with Gasteiger partial charge in [-0.25, -0.2) is 9.97 Å². The molecule has 190 valence electrons. The number of imidazole rings is 1. The van der Waals surface area contributed by atoms with E-state index >= 15 is 0 Å². The summed E-state index contributed by atoms with van der Waals surface area (Å²) in [5.74, 6) is 0.750. The SMILES string of the molecule is Cc1cn(-c2ccnc3[nH]c(-c4n[nH]c5cnc(-c6cncc(OCCN7CCCC7)c6)cc45)cc23)cn1. The predicted octanol–water partition coefficient (Wildman–Crippen LogP) is 4.53. The second-order valence-electron chi connectivity index (χ2n) is 9.69. The number of hydrogen-bond acceptors (Lipinski definition) is 7. The van der Waals surface area contributed by atoms with Gasteiger partial charge >= 0.3 is 0 Å². The minimum atomic E-state index is 0.651. The van der Waals surface area contributed by atoms with E-state index < -0.39 is 0 Å². The zero-order valence-electron chi connectivity index (χ0n) is 21.1. The van der Waals surface area contributed by atoms with Crippen molar-refractivity contribution in [2.24, 2.45) is 0 Å². The molecule has 7 heterocycles. The topological polar surface area (TPSA) is 113 Å². The Bertz CT molecular complexity index is 1740. The molecule has 0 aliphatic carbocycles. The Labute approximate surface area is 218 Å². The Morgan fingerprint density at radius 1 is 1.00 bits per heavy atom. The van der Waals surface area contributed by atoms with Crippen LogP contribution < -0.4 is 4.74 Å². The van der Waals surface area contributed by atoms with Crippen molar-refractivity contribution in [1.82, 2.24) is 44.6 Å². The maximum atomic E-state index is 6.01. The number of likely N-dealkylation sites (tertiary alicyclic amines) is 1. The number of rotatable bonds is 7. The molecule has 2 N–H and O–H groups in total. The normalized spacial score (nSPS) is 14.1. The van der Waals surface area contributed by atoms with Gasteiger partial charge in [-0.15, -0.1) is 0 Å². The summed E-state index contributed by atoms with van der Waals surface area (Å²) >= 11 is 0. The number of aromatic nitrogens is 8. The van der Waals surface area contributed by atoms with Gasteiger partial charge in [0.15, 0.2) is 0 Å². The Balaban J connectivity index is 1.20. The molecule has 1 saturated heterocycles. The molecule has 1 fully saturated rings. The molecule has 0 unspecified atom stereocenters. The Kier molecular flexibility index (Phi) is 5.58. The van der Waals surface area contributed by atoms with Crippen molar-refractivity contribution in [3.8, 4) is 34.1 Å². The Morgan fingerprint density at radius 3 is 2.79 bits per heavy atom. The fourth-order valence-electron chi connectivity index (χ4n) is 5.14. The van der Waals surface area contributed by atoms with Crippen LogP contribution in [-0.4, -0.2) is 70.8 Å². The van der Waals surface area contributed by atoms with Gasteiger partial charge < -0.3 is 14.3 Å². The zero-order chi connectivity index (χ0) is 25.5. The Hall–Kier alpha value is -4.57. The standard InChI is InChI=1S/C28H27N9O/c1-18-16-37(17-32-18)26-4-5-30-28-22(26)12-24(33-28)27-21-11-23(31-15-25(21)34-35-27)19-10-20(14-29-13-19)38-9-8-36-6-2-3-7-36/h4-5,10-17H,2-3,6-9H2,1H3,(H,30,33)(H,34,35). The fraction of sp³-hybridized carbons (Fsp3) is 0.250. The van der Waals surface area contributed by atoms with Crippen LogP contribution in [0.1, 0.15) is 18.5 Å². The number of fused-ring (bicyclic) bond motifs is 2. The zero-order valence-corrected chi connectivity index (χ0v) is 21.1. The average Bonchev–Trinajstić information content (AvgIpc) is 3.74. The van der Waals surface area contributed by atoms with Crippen LogP contribution in [0.2, 0.25) is 0 Å². The van der Waals surface area contributed by atoms with Crippen molar-refractivity contribution in [3.63, 3.8) is 0 Å². The summed E-state index contributed by atoms with van der Waals surface area (Å²) in [6.07, 6.45) is 13.6. The van der Waals surface area contributed by atoms with Gasteiger partial charge in [0.1, 0.15) is 23.7 Å². The minimum Gasteiger partial charge on any atom is -0.491 e. The molecule has 1 aliphatic rings. The first-order valence-corrected chi connectivity index (χ1v) is 12.8. The quantitative estimate of drug-likeness (QED) is 0.328. The number of aromatic amines is 2. The smallest absolute Gasteiger partial charge is 0.139 e. The van der Waals surface area contributed by atoms with E-state index in [0.717, 1.165) is 81.3 Å². The molecule has 10 nitrogen and oxygen atoms in total. The van der Waals surface area contributed by atoms with E-state index in [9.17, 15) is 0 Å². The first-order valence-electron chi connectivity index (χ1n) is 12.8. The molecule has 7 rings (SSSR count). The third-order valence-electron chi connectivity index (χ3n) is 7.08.